The van der Waals surface area contributed by atoms with Crippen molar-refractivity contribution in [3.8, 4) is 0 Å². The lowest BCUT2D eigenvalue weighted by Crippen LogP contribution is -2.42. The molecule has 1 aliphatic rings. The molecule has 1 rings (SSSR count). The largest absolute Gasteiger partial charge is 0.339 e. The van der Waals surface area contributed by atoms with E-state index in [1.165, 1.54) is 14.1 Å². The lowest BCUT2D eigenvalue weighted by atomic mass is 9.87. The Bertz CT molecular complexity index is 424. The van der Waals surface area contributed by atoms with Crippen molar-refractivity contribution in [1.82, 2.24) is 9.21 Å². The van der Waals surface area contributed by atoms with E-state index < -0.39 is 15.8 Å². The Hall–Kier alpha value is -0.620. The maximum Gasteiger partial charge on any atom is 0.239 e. The van der Waals surface area contributed by atoms with Gasteiger partial charge < -0.3 is 4.90 Å². The van der Waals surface area contributed by atoms with Crippen molar-refractivity contribution < 1.29 is 13.2 Å². The monoisotopic (exact) mass is 290 g/mol. The van der Waals surface area contributed by atoms with Crippen LogP contribution < -0.4 is 0 Å². The quantitative estimate of drug-likeness (QED) is 0.784. The van der Waals surface area contributed by atoms with E-state index in [4.69, 9.17) is 0 Å². The smallest absolute Gasteiger partial charge is 0.239 e. The highest BCUT2D eigenvalue weighted by atomic mass is 32.2. The molecule has 0 aromatic rings. The molecule has 1 fully saturated rings. The molecule has 0 aliphatic carbocycles. The third-order valence-electron chi connectivity index (χ3n) is 3.41. The molecule has 0 bridgehead atoms. The third kappa shape index (κ3) is 4.76. The first-order valence-corrected chi connectivity index (χ1v) is 8.33. The fourth-order valence-electron chi connectivity index (χ4n) is 2.45. The number of hydrogen-bond acceptors (Lipinski definition) is 3. The number of hydrogen-bond donors (Lipinski definition) is 0. The second-order valence-electron chi connectivity index (χ2n) is 6.69. The summed E-state index contributed by atoms with van der Waals surface area (Å²) in [6.45, 7) is 7.11. The minimum absolute atomic E-state index is 0.147. The van der Waals surface area contributed by atoms with E-state index in [-0.39, 0.29) is 17.4 Å². The summed E-state index contributed by atoms with van der Waals surface area (Å²) in [6.07, 6.45) is 2.86. The van der Waals surface area contributed by atoms with Crippen LogP contribution in [0.2, 0.25) is 0 Å². The predicted octanol–water partition coefficient (Wildman–Crippen LogP) is 1.31. The fourth-order valence-corrected chi connectivity index (χ4v) is 3.19. The number of carbonyl (C=O) groups excluding carboxylic acids is 1. The van der Waals surface area contributed by atoms with Crippen LogP contribution in [0.5, 0.6) is 0 Å². The second kappa shape index (κ2) is 5.79. The Morgan fingerprint density at radius 1 is 1.32 bits per heavy atom. The molecule has 19 heavy (non-hydrogen) atoms. The zero-order valence-corrected chi connectivity index (χ0v) is 13.5. The molecule has 112 valence electrons. The first-order valence-electron chi connectivity index (χ1n) is 6.72. The molecule has 0 aromatic carbocycles. The topological polar surface area (TPSA) is 57.7 Å². The Kier molecular flexibility index (Phi) is 5.01. The van der Waals surface area contributed by atoms with Gasteiger partial charge in [-0.3, -0.25) is 4.79 Å². The van der Waals surface area contributed by atoms with Crippen molar-refractivity contribution in [2.24, 2.45) is 5.41 Å². The molecule has 1 unspecified atom stereocenters. The van der Waals surface area contributed by atoms with Gasteiger partial charge in [-0.25, -0.2) is 12.7 Å². The minimum Gasteiger partial charge on any atom is -0.339 e. The van der Waals surface area contributed by atoms with E-state index >= 15 is 0 Å². The van der Waals surface area contributed by atoms with Crippen molar-refractivity contribution >= 4 is 15.9 Å². The standard InChI is InChI=1S/C13H26N2O3S/c1-13(2,3)9-11-7-6-8-15(11)12(16)10-19(17,18)14(4)5/h11H,6-10H2,1-5H3. The summed E-state index contributed by atoms with van der Waals surface area (Å²) in [5, 5.41) is 0. The van der Waals surface area contributed by atoms with Crippen LogP contribution in [0.1, 0.15) is 40.0 Å². The van der Waals surface area contributed by atoms with Gasteiger partial charge in [0.1, 0.15) is 5.75 Å². The van der Waals surface area contributed by atoms with Gasteiger partial charge in [0.05, 0.1) is 0 Å². The van der Waals surface area contributed by atoms with Gasteiger partial charge in [-0.2, -0.15) is 0 Å². The molecule has 0 radical (unpaired) electrons. The molecule has 0 aromatic heterocycles. The van der Waals surface area contributed by atoms with Crippen molar-refractivity contribution in [3.05, 3.63) is 0 Å². The molecule has 1 aliphatic heterocycles. The van der Waals surface area contributed by atoms with E-state index in [9.17, 15) is 13.2 Å². The average Bonchev–Trinajstić information content (AvgIpc) is 2.61. The van der Waals surface area contributed by atoms with Crippen molar-refractivity contribution in [2.75, 3.05) is 26.4 Å². The summed E-state index contributed by atoms with van der Waals surface area (Å²) in [5.41, 5.74) is 0.147. The Labute approximate surface area is 117 Å². The summed E-state index contributed by atoms with van der Waals surface area (Å²) < 4.78 is 24.6. The van der Waals surface area contributed by atoms with Gasteiger partial charge in [0.15, 0.2) is 0 Å². The van der Waals surface area contributed by atoms with Crippen LogP contribution in [-0.4, -0.2) is 56.0 Å². The first-order chi connectivity index (χ1) is 8.53. The maximum atomic E-state index is 12.2. The number of nitrogens with zero attached hydrogens (tertiary/aromatic N) is 2. The van der Waals surface area contributed by atoms with Crippen LogP contribution in [0, 0.1) is 5.41 Å². The third-order valence-corrected chi connectivity index (χ3v) is 5.13. The van der Waals surface area contributed by atoms with E-state index in [2.05, 4.69) is 20.8 Å². The Balaban J connectivity index is 2.71. The summed E-state index contributed by atoms with van der Waals surface area (Å²) in [6, 6.07) is 0.185. The summed E-state index contributed by atoms with van der Waals surface area (Å²) in [7, 11) is -0.545. The highest BCUT2D eigenvalue weighted by molar-refractivity contribution is 7.89. The number of likely N-dealkylation sites (tertiary alicyclic amines) is 1. The first kappa shape index (κ1) is 16.4. The molecule has 0 spiro atoms. The zero-order chi connectivity index (χ0) is 14.8. The van der Waals surface area contributed by atoms with Crippen LogP contribution in [0.15, 0.2) is 0 Å². The van der Waals surface area contributed by atoms with Crippen LogP contribution in [0.3, 0.4) is 0 Å². The Morgan fingerprint density at radius 3 is 2.37 bits per heavy atom. The predicted molar refractivity (Wildman–Crippen MR) is 76.3 cm³/mol. The molecule has 0 N–H and O–H groups in total. The number of amides is 1. The van der Waals surface area contributed by atoms with Gasteiger partial charge in [0.2, 0.25) is 15.9 Å². The minimum atomic E-state index is -3.46. The molecule has 0 saturated carbocycles. The lowest BCUT2D eigenvalue weighted by Gasteiger charge is -2.30. The number of sulfonamides is 1. The summed E-state index contributed by atoms with van der Waals surface area (Å²) >= 11 is 0. The second-order valence-corrected chi connectivity index (χ2v) is 8.87. The summed E-state index contributed by atoms with van der Waals surface area (Å²) in [5.74, 6) is -0.680. The van der Waals surface area contributed by atoms with Gasteiger partial charge in [-0.05, 0) is 24.7 Å². The maximum absolute atomic E-state index is 12.2. The van der Waals surface area contributed by atoms with Crippen molar-refractivity contribution in [3.63, 3.8) is 0 Å². The molecule has 6 heteroatoms. The molecule has 1 saturated heterocycles. The highest BCUT2D eigenvalue weighted by Crippen LogP contribution is 2.30. The van der Waals surface area contributed by atoms with Gasteiger partial charge in [-0.15, -0.1) is 0 Å². The molecule has 1 atom stereocenters. The molecule has 1 amide bonds. The van der Waals surface area contributed by atoms with Gasteiger partial charge in [0.25, 0.3) is 0 Å². The summed E-state index contributed by atoms with van der Waals surface area (Å²) in [4.78, 5) is 13.9. The Morgan fingerprint density at radius 2 is 1.89 bits per heavy atom. The van der Waals surface area contributed by atoms with Gasteiger partial charge in [0, 0.05) is 26.7 Å². The van der Waals surface area contributed by atoms with E-state index in [1.54, 1.807) is 4.90 Å². The van der Waals surface area contributed by atoms with E-state index in [1.807, 2.05) is 0 Å². The van der Waals surface area contributed by atoms with Gasteiger partial charge >= 0.3 is 0 Å². The number of rotatable bonds is 4. The van der Waals surface area contributed by atoms with E-state index in [0.29, 0.717) is 6.54 Å². The number of carbonyl (C=O) groups is 1. The fraction of sp³-hybridized carbons (Fsp3) is 0.923. The normalized spacial score (nSPS) is 21.2. The molecule has 5 nitrogen and oxygen atoms in total. The van der Waals surface area contributed by atoms with E-state index in [0.717, 1.165) is 23.6 Å². The van der Waals surface area contributed by atoms with Crippen LogP contribution in [0.4, 0.5) is 0 Å². The van der Waals surface area contributed by atoms with Crippen LogP contribution in [0.25, 0.3) is 0 Å². The van der Waals surface area contributed by atoms with Crippen molar-refractivity contribution in [1.29, 1.82) is 0 Å². The molecule has 1 heterocycles. The molecular formula is C13H26N2O3S. The average molecular weight is 290 g/mol. The van der Waals surface area contributed by atoms with Gasteiger partial charge in [-0.1, -0.05) is 20.8 Å². The SMILES string of the molecule is CN(C)S(=O)(=O)CC(=O)N1CCCC1CC(C)(C)C. The highest BCUT2D eigenvalue weighted by Gasteiger charge is 2.33. The lowest BCUT2D eigenvalue weighted by molar-refractivity contribution is -0.129. The molecular weight excluding hydrogens is 264 g/mol. The van der Waals surface area contributed by atoms with Crippen LogP contribution in [-0.2, 0) is 14.8 Å². The van der Waals surface area contributed by atoms with Crippen LogP contribution >= 0.6 is 0 Å². The van der Waals surface area contributed by atoms with Crippen molar-refractivity contribution in [2.45, 2.75) is 46.1 Å². The zero-order valence-electron chi connectivity index (χ0n) is 12.6.